The Morgan fingerprint density at radius 3 is 2.09 bits per heavy atom. The summed E-state index contributed by atoms with van der Waals surface area (Å²) >= 11 is 5.28. The van der Waals surface area contributed by atoms with Crippen molar-refractivity contribution < 1.29 is 23.7 Å². The number of anilines is 1. The minimum absolute atomic E-state index is 0.174. The lowest BCUT2D eigenvalue weighted by Gasteiger charge is -2.15. The monoisotopic (exact) mass is 460 g/mol. The lowest BCUT2D eigenvalue weighted by Crippen LogP contribution is -2.34. The topological polar surface area (TPSA) is 78.1 Å². The summed E-state index contributed by atoms with van der Waals surface area (Å²) < 4.78 is 21.6. The van der Waals surface area contributed by atoms with Gasteiger partial charge in [-0.05, 0) is 55.0 Å². The van der Waals surface area contributed by atoms with Crippen molar-refractivity contribution in [2.75, 3.05) is 33.3 Å². The molecule has 8 heteroatoms. The van der Waals surface area contributed by atoms with Gasteiger partial charge < -0.3 is 24.3 Å². The zero-order valence-corrected chi connectivity index (χ0v) is 20.0. The van der Waals surface area contributed by atoms with E-state index in [-0.39, 0.29) is 5.11 Å². The van der Waals surface area contributed by atoms with Gasteiger partial charge in [-0.15, -0.1) is 0 Å². The van der Waals surface area contributed by atoms with Crippen LogP contribution in [0.4, 0.5) is 5.69 Å². The molecule has 1 amide bonds. The van der Waals surface area contributed by atoms with E-state index in [0.717, 1.165) is 17.9 Å². The van der Waals surface area contributed by atoms with E-state index in [9.17, 15) is 4.79 Å². The summed E-state index contributed by atoms with van der Waals surface area (Å²) in [4.78, 5) is 12.6. The molecule has 2 rings (SSSR count). The van der Waals surface area contributed by atoms with Crippen LogP contribution in [-0.4, -0.2) is 39.0 Å². The molecule has 2 aromatic rings. The van der Waals surface area contributed by atoms with Crippen LogP contribution in [0.25, 0.3) is 0 Å². The van der Waals surface area contributed by atoms with E-state index in [4.69, 9.17) is 31.2 Å². The third-order valence-corrected chi connectivity index (χ3v) is 4.99. The predicted molar refractivity (Wildman–Crippen MR) is 130 cm³/mol. The summed E-state index contributed by atoms with van der Waals surface area (Å²) in [6.07, 6.45) is 6.00. The average Bonchev–Trinajstić information content (AvgIpc) is 2.81. The maximum atomic E-state index is 12.6. The van der Waals surface area contributed by atoms with Crippen molar-refractivity contribution >= 4 is 28.9 Å². The Hall–Kier alpha value is -3.00. The number of benzene rings is 2. The Balaban J connectivity index is 1.89. The smallest absolute Gasteiger partial charge is 0.257 e. The summed E-state index contributed by atoms with van der Waals surface area (Å²) in [5, 5.41) is 5.83. The van der Waals surface area contributed by atoms with E-state index < -0.39 is 5.91 Å². The van der Waals surface area contributed by atoms with Crippen LogP contribution in [0.1, 0.15) is 49.4 Å². The average molecular weight is 461 g/mol. The predicted octanol–water partition coefficient (Wildman–Crippen LogP) is 5.19. The number of rotatable bonds is 12. The highest BCUT2D eigenvalue weighted by Crippen LogP contribution is 2.38. The number of hydrogen-bond acceptors (Lipinski definition) is 6. The highest BCUT2D eigenvalue weighted by atomic mass is 32.1. The molecule has 174 valence electrons. The van der Waals surface area contributed by atoms with E-state index in [1.807, 2.05) is 24.3 Å². The van der Waals surface area contributed by atoms with Crippen molar-refractivity contribution in [1.82, 2.24) is 5.32 Å². The van der Waals surface area contributed by atoms with Crippen molar-refractivity contribution in [3.8, 4) is 23.0 Å². The first-order chi connectivity index (χ1) is 15.5. The Bertz CT molecular complexity index is 861. The summed E-state index contributed by atoms with van der Waals surface area (Å²) in [6, 6.07) is 10.6. The maximum absolute atomic E-state index is 12.6. The fourth-order valence-electron chi connectivity index (χ4n) is 3.08. The third kappa shape index (κ3) is 7.60. The van der Waals surface area contributed by atoms with Gasteiger partial charge in [0.1, 0.15) is 5.75 Å². The summed E-state index contributed by atoms with van der Waals surface area (Å²) in [5.74, 6) is 1.59. The van der Waals surface area contributed by atoms with Gasteiger partial charge in [-0.25, -0.2) is 0 Å². The third-order valence-electron chi connectivity index (χ3n) is 4.78. The van der Waals surface area contributed by atoms with Gasteiger partial charge in [0.15, 0.2) is 16.6 Å². The number of carbonyl (C=O) groups is 1. The largest absolute Gasteiger partial charge is 0.494 e. The van der Waals surface area contributed by atoms with Crippen LogP contribution >= 0.6 is 12.2 Å². The molecule has 0 aromatic heterocycles. The molecule has 0 bridgehead atoms. The molecule has 0 aliphatic carbocycles. The van der Waals surface area contributed by atoms with E-state index >= 15 is 0 Å². The number of ether oxygens (including phenoxy) is 4. The minimum atomic E-state index is -0.398. The van der Waals surface area contributed by atoms with Crippen LogP contribution in [0.2, 0.25) is 0 Å². The molecule has 7 nitrogen and oxygen atoms in total. The molecule has 32 heavy (non-hydrogen) atoms. The van der Waals surface area contributed by atoms with Crippen molar-refractivity contribution in [2.45, 2.75) is 39.0 Å². The van der Waals surface area contributed by atoms with E-state index in [1.165, 1.54) is 47.0 Å². The molecule has 0 radical (unpaired) electrons. The number of thiocarbonyl (C=S) groups is 1. The standard InChI is InChI=1S/C24H32N2O5S/c1-5-6-7-8-9-14-31-19-12-10-18(11-13-19)25-24(32)26-23(27)17-15-20(28-2)22(30-4)21(16-17)29-3/h10-13,15-16H,5-9,14H2,1-4H3,(H2,25,26,27,32). The minimum Gasteiger partial charge on any atom is -0.494 e. The van der Waals surface area contributed by atoms with Crippen LogP contribution in [0.3, 0.4) is 0 Å². The number of amides is 1. The quantitative estimate of drug-likeness (QED) is 0.333. The van der Waals surface area contributed by atoms with E-state index in [2.05, 4.69) is 17.6 Å². The second-order valence-electron chi connectivity index (χ2n) is 7.11. The molecular formula is C24H32N2O5S. The van der Waals surface area contributed by atoms with Crippen LogP contribution in [0.15, 0.2) is 36.4 Å². The summed E-state index contributed by atoms with van der Waals surface area (Å²) in [5.41, 5.74) is 1.07. The van der Waals surface area contributed by atoms with Crippen LogP contribution in [0.5, 0.6) is 23.0 Å². The van der Waals surface area contributed by atoms with E-state index in [1.54, 1.807) is 12.1 Å². The van der Waals surface area contributed by atoms with Gasteiger partial charge in [0.25, 0.3) is 5.91 Å². The highest BCUT2D eigenvalue weighted by molar-refractivity contribution is 7.80. The number of nitrogens with one attached hydrogen (secondary N) is 2. The molecule has 0 spiro atoms. The Labute approximate surface area is 195 Å². The van der Waals surface area contributed by atoms with Crippen molar-refractivity contribution in [1.29, 1.82) is 0 Å². The molecule has 0 saturated heterocycles. The molecular weight excluding hydrogens is 428 g/mol. The molecule has 0 atom stereocenters. The van der Waals surface area contributed by atoms with Gasteiger partial charge in [0.2, 0.25) is 5.75 Å². The van der Waals surface area contributed by atoms with Crippen LogP contribution < -0.4 is 29.6 Å². The van der Waals surface area contributed by atoms with Crippen molar-refractivity contribution in [3.63, 3.8) is 0 Å². The Morgan fingerprint density at radius 1 is 0.906 bits per heavy atom. The van der Waals surface area contributed by atoms with E-state index in [0.29, 0.717) is 29.4 Å². The molecule has 0 saturated carbocycles. The SMILES string of the molecule is CCCCCCCOc1ccc(NC(=S)NC(=O)c2cc(OC)c(OC)c(OC)c2)cc1. The summed E-state index contributed by atoms with van der Waals surface area (Å²) in [7, 11) is 4.49. The van der Waals surface area contributed by atoms with Crippen molar-refractivity contribution in [2.24, 2.45) is 0 Å². The molecule has 0 fully saturated rings. The Kier molecular flexibility index (Phi) is 10.6. The molecule has 2 N–H and O–H groups in total. The summed E-state index contributed by atoms with van der Waals surface area (Å²) in [6.45, 7) is 2.91. The van der Waals surface area contributed by atoms with Gasteiger partial charge in [-0.2, -0.15) is 0 Å². The number of hydrogen-bond donors (Lipinski definition) is 2. The van der Waals surface area contributed by atoms with Gasteiger partial charge in [0, 0.05) is 11.3 Å². The van der Waals surface area contributed by atoms with Crippen molar-refractivity contribution in [3.05, 3.63) is 42.0 Å². The van der Waals surface area contributed by atoms with Crippen LogP contribution in [-0.2, 0) is 0 Å². The van der Waals surface area contributed by atoms with Gasteiger partial charge in [0.05, 0.1) is 27.9 Å². The number of methoxy groups -OCH3 is 3. The lowest BCUT2D eigenvalue weighted by atomic mass is 10.1. The molecule has 0 heterocycles. The fourth-order valence-corrected chi connectivity index (χ4v) is 3.29. The second kappa shape index (κ2) is 13.4. The second-order valence-corrected chi connectivity index (χ2v) is 7.52. The zero-order valence-electron chi connectivity index (χ0n) is 19.2. The number of unbranched alkanes of at least 4 members (excludes halogenated alkanes) is 4. The lowest BCUT2D eigenvalue weighted by molar-refractivity contribution is 0.0977. The molecule has 0 aliphatic heterocycles. The molecule has 0 aliphatic rings. The van der Waals surface area contributed by atoms with Gasteiger partial charge >= 0.3 is 0 Å². The fraction of sp³-hybridized carbons (Fsp3) is 0.417. The first-order valence-corrected chi connectivity index (χ1v) is 11.1. The first-order valence-electron chi connectivity index (χ1n) is 10.7. The van der Waals surface area contributed by atoms with Gasteiger partial charge in [-0.1, -0.05) is 32.6 Å². The highest BCUT2D eigenvalue weighted by Gasteiger charge is 2.17. The molecule has 2 aromatic carbocycles. The normalized spacial score (nSPS) is 10.2. The maximum Gasteiger partial charge on any atom is 0.257 e. The zero-order chi connectivity index (χ0) is 23.3. The van der Waals surface area contributed by atoms with Crippen LogP contribution in [0, 0.1) is 0 Å². The molecule has 0 unspecified atom stereocenters. The van der Waals surface area contributed by atoms with Gasteiger partial charge in [-0.3, -0.25) is 10.1 Å². The first kappa shape index (κ1) is 25.3. The Morgan fingerprint density at radius 2 is 1.53 bits per heavy atom. The number of carbonyl (C=O) groups excluding carboxylic acids is 1.